The first-order chi connectivity index (χ1) is 8.70. The minimum atomic E-state index is 0.00389. The molecule has 0 saturated heterocycles. The maximum absolute atomic E-state index is 5.89. The molecule has 5 heteroatoms. The highest BCUT2D eigenvalue weighted by molar-refractivity contribution is 9.10. The van der Waals surface area contributed by atoms with Crippen LogP contribution in [-0.2, 0) is 6.42 Å². The van der Waals surface area contributed by atoms with Gasteiger partial charge in [0.25, 0.3) is 0 Å². The fraction of sp³-hybridized carbons (Fsp3) is 0.154. The number of hydrazine groups is 1. The van der Waals surface area contributed by atoms with E-state index in [1.807, 2.05) is 30.3 Å². The van der Waals surface area contributed by atoms with Gasteiger partial charge in [0.05, 0.1) is 6.04 Å². The van der Waals surface area contributed by atoms with Gasteiger partial charge in [0.2, 0.25) is 0 Å². The molecular formula is C13H13BrClN3. The van der Waals surface area contributed by atoms with E-state index in [1.54, 1.807) is 6.20 Å². The minimum Gasteiger partial charge on any atom is -0.271 e. The molecule has 0 aliphatic heterocycles. The highest BCUT2D eigenvalue weighted by Gasteiger charge is 2.12. The Bertz CT molecular complexity index is 533. The molecule has 2 rings (SSSR count). The van der Waals surface area contributed by atoms with Gasteiger partial charge in [0.15, 0.2) is 0 Å². The topological polar surface area (TPSA) is 50.9 Å². The van der Waals surface area contributed by atoms with Crippen LogP contribution < -0.4 is 11.3 Å². The summed E-state index contributed by atoms with van der Waals surface area (Å²) in [6.07, 6.45) is 2.46. The number of benzene rings is 1. The number of nitrogens with two attached hydrogens (primary N) is 1. The monoisotopic (exact) mass is 325 g/mol. The maximum atomic E-state index is 5.89. The van der Waals surface area contributed by atoms with Gasteiger partial charge in [0, 0.05) is 10.7 Å². The third kappa shape index (κ3) is 3.29. The van der Waals surface area contributed by atoms with Crippen molar-refractivity contribution in [1.82, 2.24) is 10.4 Å². The van der Waals surface area contributed by atoms with E-state index in [9.17, 15) is 0 Å². The van der Waals surface area contributed by atoms with Gasteiger partial charge in [-0.25, -0.2) is 4.98 Å². The predicted molar refractivity (Wildman–Crippen MR) is 77.2 cm³/mol. The Balaban J connectivity index is 2.23. The Morgan fingerprint density at radius 1 is 1.33 bits per heavy atom. The number of hydrogen-bond acceptors (Lipinski definition) is 3. The predicted octanol–water partition coefficient (Wildman–Crippen LogP) is 3.24. The standard InChI is InChI=1S/C13H13BrClN3/c14-11-4-2-1-3-9(11)7-12(18-16)10-5-6-17-13(15)8-10/h1-6,8,12,18H,7,16H2. The van der Waals surface area contributed by atoms with Crippen LogP contribution in [0.4, 0.5) is 0 Å². The quantitative estimate of drug-likeness (QED) is 0.515. The summed E-state index contributed by atoms with van der Waals surface area (Å²) in [6, 6.07) is 11.8. The Hall–Kier alpha value is -0.940. The summed E-state index contributed by atoms with van der Waals surface area (Å²) in [5.74, 6) is 5.62. The molecule has 0 amide bonds. The fourth-order valence-corrected chi connectivity index (χ4v) is 2.42. The average molecular weight is 327 g/mol. The van der Waals surface area contributed by atoms with E-state index in [4.69, 9.17) is 17.4 Å². The summed E-state index contributed by atoms with van der Waals surface area (Å²) >= 11 is 9.43. The number of hydrogen-bond donors (Lipinski definition) is 2. The van der Waals surface area contributed by atoms with Crippen LogP contribution in [0.25, 0.3) is 0 Å². The van der Waals surface area contributed by atoms with Crippen LogP contribution in [0, 0.1) is 0 Å². The first kappa shape index (κ1) is 13.5. The first-order valence-corrected chi connectivity index (χ1v) is 6.69. The lowest BCUT2D eigenvalue weighted by atomic mass is 10.0. The normalized spacial score (nSPS) is 12.4. The molecule has 0 bridgehead atoms. The van der Waals surface area contributed by atoms with Gasteiger partial charge >= 0.3 is 0 Å². The van der Waals surface area contributed by atoms with Crippen molar-refractivity contribution in [3.63, 3.8) is 0 Å². The van der Waals surface area contributed by atoms with Gasteiger partial charge in [-0.3, -0.25) is 11.3 Å². The highest BCUT2D eigenvalue weighted by Crippen LogP contribution is 2.24. The van der Waals surface area contributed by atoms with E-state index in [2.05, 4.69) is 32.4 Å². The van der Waals surface area contributed by atoms with E-state index >= 15 is 0 Å². The lowest BCUT2D eigenvalue weighted by Gasteiger charge is -2.17. The average Bonchev–Trinajstić information content (AvgIpc) is 2.38. The largest absolute Gasteiger partial charge is 0.271 e. The summed E-state index contributed by atoms with van der Waals surface area (Å²) in [5.41, 5.74) is 5.02. The van der Waals surface area contributed by atoms with Crippen molar-refractivity contribution in [2.45, 2.75) is 12.5 Å². The fourth-order valence-electron chi connectivity index (χ4n) is 1.79. The molecule has 1 aromatic heterocycles. The molecule has 0 aliphatic rings. The van der Waals surface area contributed by atoms with Gasteiger partial charge < -0.3 is 0 Å². The minimum absolute atomic E-state index is 0.00389. The molecule has 1 heterocycles. The Labute approximate surface area is 119 Å². The molecule has 94 valence electrons. The van der Waals surface area contributed by atoms with Crippen molar-refractivity contribution in [2.75, 3.05) is 0 Å². The molecule has 0 saturated carbocycles. The lowest BCUT2D eigenvalue weighted by molar-refractivity contribution is 0.550. The van der Waals surface area contributed by atoms with Crippen molar-refractivity contribution in [1.29, 1.82) is 0 Å². The van der Waals surface area contributed by atoms with Gasteiger partial charge in [0.1, 0.15) is 5.15 Å². The Morgan fingerprint density at radius 2 is 2.11 bits per heavy atom. The first-order valence-electron chi connectivity index (χ1n) is 5.51. The van der Waals surface area contributed by atoms with Crippen molar-refractivity contribution in [3.05, 3.63) is 63.3 Å². The summed E-state index contributed by atoms with van der Waals surface area (Å²) in [6.45, 7) is 0. The van der Waals surface area contributed by atoms with Crippen LogP contribution in [0.5, 0.6) is 0 Å². The molecule has 2 aromatic rings. The summed E-state index contributed by atoms with van der Waals surface area (Å²) in [7, 11) is 0. The summed E-state index contributed by atoms with van der Waals surface area (Å²) < 4.78 is 1.07. The van der Waals surface area contributed by atoms with E-state index in [0.717, 1.165) is 16.5 Å². The molecule has 0 aliphatic carbocycles. The highest BCUT2D eigenvalue weighted by atomic mass is 79.9. The van der Waals surface area contributed by atoms with Crippen LogP contribution in [0.2, 0.25) is 5.15 Å². The molecular weight excluding hydrogens is 314 g/mol. The molecule has 1 unspecified atom stereocenters. The molecule has 1 aromatic carbocycles. The number of pyridine rings is 1. The zero-order valence-electron chi connectivity index (χ0n) is 9.61. The van der Waals surface area contributed by atoms with Crippen molar-refractivity contribution < 1.29 is 0 Å². The van der Waals surface area contributed by atoms with Gasteiger partial charge in [-0.1, -0.05) is 45.7 Å². The zero-order chi connectivity index (χ0) is 13.0. The molecule has 1 atom stereocenters. The molecule has 0 fully saturated rings. The van der Waals surface area contributed by atoms with Crippen molar-refractivity contribution in [2.24, 2.45) is 5.84 Å². The Morgan fingerprint density at radius 3 is 2.78 bits per heavy atom. The zero-order valence-corrected chi connectivity index (χ0v) is 11.9. The molecule has 3 nitrogen and oxygen atoms in total. The Kier molecular flexibility index (Phi) is 4.72. The summed E-state index contributed by atoms with van der Waals surface area (Å²) in [5, 5.41) is 0.472. The molecule has 0 radical (unpaired) electrons. The van der Waals surface area contributed by atoms with E-state index in [1.165, 1.54) is 5.56 Å². The van der Waals surface area contributed by atoms with Crippen molar-refractivity contribution in [3.8, 4) is 0 Å². The third-order valence-corrected chi connectivity index (χ3v) is 3.72. The third-order valence-electron chi connectivity index (χ3n) is 2.74. The van der Waals surface area contributed by atoms with Crippen LogP contribution in [0.3, 0.4) is 0 Å². The number of nitrogens with zero attached hydrogens (tertiary/aromatic N) is 1. The summed E-state index contributed by atoms with van der Waals surface area (Å²) in [4.78, 5) is 3.97. The SMILES string of the molecule is NNC(Cc1ccccc1Br)c1ccnc(Cl)c1. The number of aromatic nitrogens is 1. The van der Waals surface area contributed by atoms with E-state index in [0.29, 0.717) is 5.15 Å². The number of halogens is 2. The van der Waals surface area contributed by atoms with Crippen LogP contribution >= 0.6 is 27.5 Å². The number of nitrogens with one attached hydrogen (secondary N) is 1. The second-order valence-corrected chi connectivity index (χ2v) is 5.17. The molecule has 18 heavy (non-hydrogen) atoms. The lowest BCUT2D eigenvalue weighted by Crippen LogP contribution is -2.29. The van der Waals surface area contributed by atoms with E-state index in [-0.39, 0.29) is 6.04 Å². The van der Waals surface area contributed by atoms with Crippen LogP contribution in [-0.4, -0.2) is 4.98 Å². The maximum Gasteiger partial charge on any atom is 0.129 e. The second-order valence-electron chi connectivity index (χ2n) is 3.93. The van der Waals surface area contributed by atoms with Crippen molar-refractivity contribution >= 4 is 27.5 Å². The van der Waals surface area contributed by atoms with Gasteiger partial charge in [-0.2, -0.15) is 0 Å². The van der Waals surface area contributed by atoms with Crippen LogP contribution in [0.1, 0.15) is 17.2 Å². The molecule has 3 N–H and O–H groups in total. The molecule has 0 spiro atoms. The van der Waals surface area contributed by atoms with Gasteiger partial charge in [-0.05, 0) is 35.7 Å². The van der Waals surface area contributed by atoms with E-state index < -0.39 is 0 Å². The second kappa shape index (κ2) is 6.29. The number of rotatable bonds is 4. The van der Waals surface area contributed by atoms with Gasteiger partial charge in [-0.15, -0.1) is 0 Å². The van der Waals surface area contributed by atoms with Crippen LogP contribution in [0.15, 0.2) is 47.1 Å². The smallest absolute Gasteiger partial charge is 0.129 e.